The third kappa shape index (κ3) is 3.20. The van der Waals surface area contributed by atoms with Crippen molar-refractivity contribution in [1.29, 1.82) is 0 Å². The van der Waals surface area contributed by atoms with Gasteiger partial charge in [0.15, 0.2) is 5.69 Å². The Kier molecular flexibility index (Phi) is 4.90. The van der Waals surface area contributed by atoms with Crippen molar-refractivity contribution in [3.8, 4) is 11.4 Å². The molecule has 2 aliphatic heterocycles. The highest BCUT2D eigenvalue weighted by atomic mass is 16.5. The highest BCUT2D eigenvalue weighted by molar-refractivity contribution is 5.94. The smallest absolute Gasteiger partial charge is 0.274 e. The summed E-state index contributed by atoms with van der Waals surface area (Å²) in [5.74, 6) is 0.800. The zero-order chi connectivity index (χ0) is 17.9. The minimum absolute atomic E-state index is 0.00251. The van der Waals surface area contributed by atoms with E-state index in [4.69, 9.17) is 14.6 Å². The van der Waals surface area contributed by atoms with Gasteiger partial charge in [-0.2, -0.15) is 5.10 Å². The average Bonchev–Trinajstić information content (AvgIpc) is 2.87. The quantitative estimate of drug-likeness (QED) is 0.900. The van der Waals surface area contributed by atoms with Crippen LogP contribution in [0.15, 0.2) is 24.3 Å². The molecule has 2 aromatic rings. The number of ether oxygens (including phenoxy) is 2. The van der Waals surface area contributed by atoms with Gasteiger partial charge in [0.25, 0.3) is 5.91 Å². The van der Waals surface area contributed by atoms with Crippen LogP contribution in [0.25, 0.3) is 5.69 Å². The van der Waals surface area contributed by atoms with Crippen molar-refractivity contribution in [2.24, 2.45) is 0 Å². The topological polar surface area (TPSA) is 68.6 Å². The van der Waals surface area contributed by atoms with Crippen molar-refractivity contribution in [3.63, 3.8) is 0 Å². The number of hydrogen-bond acceptors (Lipinski definition) is 5. The molecule has 1 N–H and O–H groups in total. The fourth-order valence-corrected chi connectivity index (χ4v) is 3.54. The second-order valence-electron chi connectivity index (χ2n) is 6.58. The molecule has 0 unspecified atom stereocenters. The molecule has 7 nitrogen and oxygen atoms in total. The monoisotopic (exact) mass is 356 g/mol. The predicted octanol–water partition coefficient (Wildman–Crippen LogP) is 1.39. The first-order valence-corrected chi connectivity index (χ1v) is 9.11. The largest absolute Gasteiger partial charge is 0.497 e. The first kappa shape index (κ1) is 17.1. The van der Waals surface area contributed by atoms with E-state index in [0.717, 1.165) is 55.2 Å². The zero-order valence-corrected chi connectivity index (χ0v) is 15.0. The van der Waals surface area contributed by atoms with Crippen molar-refractivity contribution in [2.75, 3.05) is 39.9 Å². The third-order valence-electron chi connectivity index (χ3n) is 4.97. The maximum Gasteiger partial charge on any atom is 0.274 e. The van der Waals surface area contributed by atoms with Crippen molar-refractivity contribution < 1.29 is 14.3 Å². The second-order valence-corrected chi connectivity index (χ2v) is 6.58. The first-order valence-electron chi connectivity index (χ1n) is 9.11. The van der Waals surface area contributed by atoms with E-state index >= 15 is 0 Å². The van der Waals surface area contributed by atoms with Gasteiger partial charge in [-0.1, -0.05) is 0 Å². The summed E-state index contributed by atoms with van der Waals surface area (Å²) in [5, 5.41) is 8.04. The van der Waals surface area contributed by atoms with Crippen molar-refractivity contribution >= 4 is 5.91 Å². The van der Waals surface area contributed by atoms with E-state index in [1.807, 2.05) is 33.8 Å². The summed E-state index contributed by atoms with van der Waals surface area (Å²) < 4.78 is 12.8. The van der Waals surface area contributed by atoms with Gasteiger partial charge in [-0.15, -0.1) is 0 Å². The van der Waals surface area contributed by atoms with Crippen LogP contribution in [-0.2, 0) is 17.8 Å². The number of carbonyl (C=O) groups is 1. The molecule has 7 heteroatoms. The Hall–Kier alpha value is -2.38. The number of fused-ring (bicyclic) bond motifs is 1. The van der Waals surface area contributed by atoms with E-state index in [2.05, 4.69) is 5.32 Å². The molecule has 4 rings (SSSR count). The van der Waals surface area contributed by atoms with Crippen LogP contribution >= 0.6 is 0 Å². The second kappa shape index (κ2) is 7.47. The molecule has 0 bridgehead atoms. The molecule has 0 spiro atoms. The lowest BCUT2D eigenvalue weighted by molar-refractivity contribution is 0.0746. The lowest BCUT2D eigenvalue weighted by Crippen LogP contribution is -2.35. The summed E-state index contributed by atoms with van der Waals surface area (Å²) in [6.07, 6.45) is 1.72. The van der Waals surface area contributed by atoms with Crippen molar-refractivity contribution in [3.05, 3.63) is 41.2 Å². The zero-order valence-electron chi connectivity index (χ0n) is 15.0. The van der Waals surface area contributed by atoms with Crippen LogP contribution < -0.4 is 10.1 Å². The summed E-state index contributed by atoms with van der Waals surface area (Å²) >= 11 is 0. The molecular weight excluding hydrogens is 332 g/mol. The van der Waals surface area contributed by atoms with Gasteiger partial charge in [-0.25, -0.2) is 4.68 Å². The molecule has 0 aliphatic carbocycles. The molecule has 1 fully saturated rings. The van der Waals surface area contributed by atoms with Crippen LogP contribution in [0.3, 0.4) is 0 Å². The Bertz CT molecular complexity index is 777. The highest BCUT2D eigenvalue weighted by Crippen LogP contribution is 2.26. The van der Waals surface area contributed by atoms with Crippen LogP contribution in [0, 0.1) is 0 Å². The fourth-order valence-electron chi connectivity index (χ4n) is 3.54. The number of aromatic nitrogens is 2. The van der Waals surface area contributed by atoms with E-state index in [1.165, 1.54) is 0 Å². The van der Waals surface area contributed by atoms with E-state index < -0.39 is 0 Å². The maximum atomic E-state index is 13.1. The van der Waals surface area contributed by atoms with Gasteiger partial charge in [-0.05, 0) is 37.2 Å². The number of hydrogen-bond donors (Lipinski definition) is 1. The van der Waals surface area contributed by atoms with Gasteiger partial charge < -0.3 is 19.7 Å². The molecule has 3 heterocycles. The van der Waals surface area contributed by atoms with Crippen LogP contribution in [0.5, 0.6) is 5.75 Å². The minimum atomic E-state index is 0.00251. The molecule has 1 aromatic carbocycles. The molecule has 138 valence electrons. The number of carbonyl (C=O) groups excluding carboxylic acids is 1. The molecule has 0 atom stereocenters. The Morgan fingerprint density at radius 1 is 1.23 bits per heavy atom. The molecule has 0 saturated carbocycles. The van der Waals surface area contributed by atoms with Gasteiger partial charge >= 0.3 is 0 Å². The lowest BCUT2D eigenvalue weighted by Gasteiger charge is -2.20. The highest BCUT2D eigenvalue weighted by Gasteiger charge is 2.29. The number of benzene rings is 1. The van der Waals surface area contributed by atoms with Gasteiger partial charge in [0, 0.05) is 31.6 Å². The maximum absolute atomic E-state index is 13.1. The molecule has 1 amide bonds. The van der Waals surface area contributed by atoms with Crippen molar-refractivity contribution in [1.82, 2.24) is 20.0 Å². The van der Waals surface area contributed by atoms with Crippen LogP contribution in [0.2, 0.25) is 0 Å². The molecule has 1 aromatic heterocycles. The van der Waals surface area contributed by atoms with E-state index in [-0.39, 0.29) is 5.91 Å². The summed E-state index contributed by atoms with van der Waals surface area (Å²) in [5.41, 5.74) is 3.45. The van der Waals surface area contributed by atoms with Gasteiger partial charge in [-0.3, -0.25) is 4.79 Å². The summed E-state index contributed by atoms with van der Waals surface area (Å²) in [7, 11) is 1.65. The fraction of sp³-hybridized carbons (Fsp3) is 0.474. The van der Waals surface area contributed by atoms with E-state index in [1.54, 1.807) is 7.11 Å². The van der Waals surface area contributed by atoms with E-state index in [0.29, 0.717) is 25.5 Å². The lowest BCUT2D eigenvalue weighted by atomic mass is 10.1. The summed E-state index contributed by atoms with van der Waals surface area (Å²) in [4.78, 5) is 15.0. The molecule has 0 radical (unpaired) electrons. The Labute approximate surface area is 152 Å². The van der Waals surface area contributed by atoms with Crippen LogP contribution in [0.1, 0.15) is 28.2 Å². The normalized spacial score (nSPS) is 17.5. The molecule has 2 aliphatic rings. The van der Waals surface area contributed by atoms with Gasteiger partial charge in [0.1, 0.15) is 5.75 Å². The SMILES string of the molecule is COc1ccc(-n2nc(C(=O)N3CCCNCC3)c3c2CCOC3)cc1. The molecular formula is C19H24N4O3. The summed E-state index contributed by atoms with van der Waals surface area (Å²) in [6, 6.07) is 7.74. The van der Waals surface area contributed by atoms with Crippen LogP contribution in [-0.4, -0.2) is 60.5 Å². The Morgan fingerprint density at radius 2 is 2.08 bits per heavy atom. The number of amides is 1. The number of rotatable bonds is 3. The number of methoxy groups -OCH3 is 1. The number of nitrogens with zero attached hydrogens (tertiary/aromatic N) is 3. The first-order chi connectivity index (χ1) is 12.8. The minimum Gasteiger partial charge on any atom is -0.497 e. The third-order valence-corrected chi connectivity index (χ3v) is 4.97. The van der Waals surface area contributed by atoms with Gasteiger partial charge in [0.2, 0.25) is 0 Å². The van der Waals surface area contributed by atoms with Crippen molar-refractivity contribution in [2.45, 2.75) is 19.4 Å². The number of nitrogens with one attached hydrogen (secondary N) is 1. The van der Waals surface area contributed by atoms with Crippen LogP contribution in [0.4, 0.5) is 0 Å². The Balaban J connectivity index is 1.71. The Morgan fingerprint density at radius 3 is 2.88 bits per heavy atom. The molecule has 26 heavy (non-hydrogen) atoms. The van der Waals surface area contributed by atoms with Gasteiger partial charge in [0.05, 0.1) is 31.7 Å². The van der Waals surface area contributed by atoms with E-state index in [9.17, 15) is 4.79 Å². The predicted molar refractivity (Wildman–Crippen MR) is 96.9 cm³/mol. The standard InChI is InChI=1S/C19H24N4O3/c1-25-15-5-3-14(4-6-15)23-17-7-12-26-13-16(17)18(21-23)19(24)22-10-2-8-20-9-11-22/h3-6,20H,2,7-13H2,1H3. The summed E-state index contributed by atoms with van der Waals surface area (Å²) in [6.45, 7) is 4.34. The molecule has 1 saturated heterocycles. The average molecular weight is 356 g/mol.